The highest BCUT2D eigenvalue weighted by molar-refractivity contribution is 5.94. The summed E-state index contributed by atoms with van der Waals surface area (Å²) in [4.78, 5) is 37.1. The van der Waals surface area contributed by atoms with E-state index in [9.17, 15) is 14.4 Å². The van der Waals surface area contributed by atoms with Crippen LogP contribution in [0.25, 0.3) is 0 Å². The molecule has 3 rings (SSSR count). The number of nitrogens with zero attached hydrogens (tertiary/aromatic N) is 1. The van der Waals surface area contributed by atoms with Crippen LogP contribution in [0.1, 0.15) is 32.1 Å². The van der Waals surface area contributed by atoms with Crippen LogP contribution in [0.5, 0.6) is 0 Å². The van der Waals surface area contributed by atoms with Crippen LogP contribution in [0.15, 0.2) is 24.3 Å². The van der Waals surface area contributed by atoms with Crippen LogP contribution in [0.2, 0.25) is 0 Å². The zero-order valence-electron chi connectivity index (χ0n) is 14.1. The molecule has 7 nitrogen and oxygen atoms in total. The lowest BCUT2D eigenvalue weighted by atomic mass is 10.1. The highest BCUT2D eigenvalue weighted by Gasteiger charge is 2.24. The molecule has 1 aliphatic carbocycles. The normalized spacial score (nSPS) is 17.4. The first kappa shape index (κ1) is 17.3. The van der Waals surface area contributed by atoms with Gasteiger partial charge in [0.25, 0.3) is 0 Å². The Kier molecular flexibility index (Phi) is 5.53. The lowest BCUT2D eigenvalue weighted by Gasteiger charge is -2.14. The minimum atomic E-state index is -0.377. The molecular formula is C18H23N3O4. The second kappa shape index (κ2) is 8.00. The molecule has 3 amide bonds. The van der Waals surface area contributed by atoms with Gasteiger partial charge in [0.1, 0.15) is 6.61 Å². The first-order chi connectivity index (χ1) is 12.1. The molecule has 1 aromatic rings. The van der Waals surface area contributed by atoms with Gasteiger partial charge in [-0.15, -0.1) is 0 Å². The van der Waals surface area contributed by atoms with Crippen molar-refractivity contribution in [1.29, 1.82) is 0 Å². The van der Waals surface area contributed by atoms with E-state index >= 15 is 0 Å². The van der Waals surface area contributed by atoms with E-state index < -0.39 is 0 Å². The molecule has 0 spiro atoms. The molecule has 2 aliphatic rings. The van der Waals surface area contributed by atoms with Crippen LogP contribution >= 0.6 is 0 Å². The first-order valence-electron chi connectivity index (χ1n) is 8.75. The molecule has 7 heteroatoms. The van der Waals surface area contributed by atoms with E-state index in [-0.39, 0.29) is 30.2 Å². The van der Waals surface area contributed by atoms with Gasteiger partial charge in [-0.05, 0) is 31.0 Å². The van der Waals surface area contributed by atoms with Crippen LogP contribution in [0.4, 0.5) is 16.2 Å². The van der Waals surface area contributed by atoms with E-state index in [0.717, 1.165) is 25.7 Å². The number of benzene rings is 1. The number of hydrogen-bond acceptors (Lipinski definition) is 4. The molecule has 2 fully saturated rings. The number of anilines is 2. The quantitative estimate of drug-likeness (QED) is 0.828. The number of ether oxygens (including phenoxy) is 1. The van der Waals surface area contributed by atoms with Crippen molar-refractivity contribution in [2.45, 2.75) is 32.1 Å². The SMILES string of the molecule is O=C(CCNC(=O)C1CCCC1)Nc1cccc(N2CCOC2=O)c1. The lowest BCUT2D eigenvalue weighted by molar-refractivity contribution is -0.124. The zero-order chi connectivity index (χ0) is 17.6. The van der Waals surface area contributed by atoms with Crippen molar-refractivity contribution in [3.63, 3.8) is 0 Å². The Labute approximate surface area is 146 Å². The maximum atomic E-state index is 12.0. The Balaban J connectivity index is 1.46. The van der Waals surface area contributed by atoms with Crippen molar-refractivity contribution >= 4 is 29.3 Å². The molecule has 0 aromatic heterocycles. The van der Waals surface area contributed by atoms with Gasteiger partial charge in [-0.1, -0.05) is 18.9 Å². The summed E-state index contributed by atoms with van der Waals surface area (Å²) >= 11 is 0. The highest BCUT2D eigenvalue weighted by atomic mass is 16.6. The summed E-state index contributed by atoms with van der Waals surface area (Å²) in [6.07, 6.45) is 3.96. The molecule has 0 bridgehead atoms. The summed E-state index contributed by atoms with van der Waals surface area (Å²) in [6, 6.07) is 7.07. The number of cyclic esters (lactones) is 1. The van der Waals surface area contributed by atoms with Crippen molar-refractivity contribution in [1.82, 2.24) is 5.32 Å². The minimum Gasteiger partial charge on any atom is -0.447 e. The maximum Gasteiger partial charge on any atom is 0.414 e. The molecule has 134 valence electrons. The second-order valence-electron chi connectivity index (χ2n) is 6.39. The van der Waals surface area contributed by atoms with E-state index in [1.165, 1.54) is 4.90 Å². The molecule has 1 heterocycles. The number of rotatable bonds is 6. The van der Waals surface area contributed by atoms with Crippen LogP contribution in [0, 0.1) is 5.92 Å². The molecule has 0 unspecified atom stereocenters. The molecule has 2 N–H and O–H groups in total. The molecule has 1 aliphatic heterocycles. The fourth-order valence-corrected chi connectivity index (χ4v) is 3.23. The second-order valence-corrected chi connectivity index (χ2v) is 6.39. The minimum absolute atomic E-state index is 0.0554. The van der Waals surface area contributed by atoms with Gasteiger partial charge in [-0.25, -0.2) is 4.79 Å². The third-order valence-corrected chi connectivity index (χ3v) is 4.58. The number of hydrogen-bond donors (Lipinski definition) is 2. The van der Waals surface area contributed by atoms with Gasteiger partial charge in [-0.2, -0.15) is 0 Å². The Hall–Kier alpha value is -2.57. The van der Waals surface area contributed by atoms with E-state index in [2.05, 4.69) is 10.6 Å². The zero-order valence-corrected chi connectivity index (χ0v) is 14.1. The fourth-order valence-electron chi connectivity index (χ4n) is 3.23. The average Bonchev–Trinajstić information content (AvgIpc) is 3.26. The van der Waals surface area contributed by atoms with E-state index in [0.29, 0.717) is 31.1 Å². The van der Waals surface area contributed by atoms with Crippen LogP contribution in [-0.4, -0.2) is 37.6 Å². The average molecular weight is 345 g/mol. The largest absolute Gasteiger partial charge is 0.447 e. The van der Waals surface area contributed by atoms with Crippen molar-refractivity contribution in [2.24, 2.45) is 5.92 Å². The van der Waals surface area contributed by atoms with E-state index in [1.807, 2.05) is 0 Å². The Morgan fingerprint density at radius 2 is 2.04 bits per heavy atom. The molecule has 0 radical (unpaired) electrons. The molecule has 1 aromatic carbocycles. The number of carbonyl (C=O) groups is 3. The van der Waals surface area contributed by atoms with Crippen molar-refractivity contribution in [3.05, 3.63) is 24.3 Å². The Morgan fingerprint density at radius 3 is 2.76 bits per heavy atom. The van der Waals surface area contributed by atoms with Crippen LogP contribution in [-0.2, 0) is 14.3 Å². The van der Waals surface area contributed by atoms with Gasteiger partial charge < -0.3 is 15.4 Å². The number of amides is 3. The molecule has 1 saturated carbocycles. The van der Waals surface area contributed by atoms with Gasteiger partial charge in [0, 0.05) is 30.3 Å². The number of nitrogens with one attached hydrogen (secondary N) is 2. The first-order valence-corrected chi connectivity index (χ1v) is 8.75. The molecule has 25 heavy (non-hydrogen) atoms. The fraction of sp³-hybridized carbons (Fsp3) is 0.500. The van der Waals surface area contributed by atoms with Gasteiger partial charge in [0.2, 0.25) is 11.8 Å². The van der Waals surface area contributed by atoms with E-state index in [4.69, 9.17) is 4.74 Å². The van der Waals surface area contributed by atoms with Gasteiger partial charge in [-0.3, -0.25) is 14.5 Å². The Bertz CT molecular complexity index is 655. The van der Waals surface area contributed by atoms with Crippen molar-refractivity contribution in [2.75, 3.05) is 29.9 Å². The third kappa shape index (κ3) is 4.49. The number of carbonyl (C=O) groups excluding carboxylic acids is 3. The molecular weight excluding hydrogens is 322 g/mol. The maximum absolute atomic E-state index is 12.0. The third-order valence-electron chi connectivity index (χ3n) is 4.58. The smallest absolute Gasteiger partial charge is 0.414 e. The summed E-state index contributed by atoms with van der Waals surface area (Å²) in [6.45, 7) is 1.21. The molecule has 1 saturated heterocycles. The van der Waals surface area contributed by atoms with Gasteiger partial charge in [0.15, 0.2) is 0 Å². The Morgan fingerprint density at radius 1 is 1.24 bits per heavy atom. The van der Waals surface area contributed by atoms with Crippen LogP contribution < -0.4 is 15.5 Å². The highest BCUT2D eigenvalue weighted by Crippen LogP contribution is 2.24. The summed E-state index contributed by atoms with van der Waals surface area (Å²) in [5, 5.41) is 5.63. The summed E-state index contributed by atoms with van der Waals surface area (Å²) < 4.78 is 4.92. The van der Waals surface area contributed by atoms with E-state index in [1.54, 1.807) is 24.3 Å². The topological polar surface area (TPSA) is 87.7 Å². The summed E-state index contributed by atoms with van der Waals surface area (Å²) in [5.41, 5.74) is 1.30. The standard InChI is InChI=1S/C18H23N3O4/c22-16(8-9-19-17(23)13-4-1-2-5-13)20-14-6-3-7-15(12-14)21-10-11-25-18(21)24/h3,6-7,12-13H,1-2,4-5,8-11H2,(H,19,23)(H,20,22). The van der Waals surface area contributed by atoms with Gasteiger partial charge in [0.05, 0.1) is 6.54 Å². The monoisotopic (exact) mass is 345 g/mol. The van der Waals surface area contributed by atoms with Crippen LogP contribution in [0.3, 0.4) is 0 Å². The predicted octanol–water partition coefficient (Wildman–Crippen LogP) is 2.28. The lowest BCUT2D eigenvalue weighted by Crippen LogP contribution is -2.32. The summed E-state index contributed by atoms with van der Waals surface area (Å²) in [5.74, 6) is -0.00678. The van der Waals surface area contributed by atoms with Gasteiger partial charge >= 0.3 is 6.09 Å². The predicted molar refractivity (Wildman–Crippen MR) is 93.4 cm³/mol. The molecule has 0 atom stereocenters. The summed E-state index contributed by atoms with van der Waals surface area (Å²) in [7, 11) is 0. The van der Waals surface area contributed by atoms with Crippen molar-refractivity contribution in [3.8, 4) is 0 Å². The van der Waals surface area contributed by atoms with Crippen molar-refractivity contribution < 1.29 is 19.1 Å².